The van der Waals surface area contributed by atoms with E-state index < -0.39 is 0 Å². The molecule has 4 rings (SSSR count). The van der Waals surface area contributed by atoms with Crippen molar-refractivity contribution in [3.63, 3.8) is 0 Å². The van der Waals surface area contributed by atoms with Crippen LogP contribution in [0.15, 0.2) is 24.3 Å². The summed E-state index contributed by atoms with van der Waals surface area (Å²) in [6, 6.07) is 18.6. The number of fused-ring (bicyclic) bond motifs is 1. The summed E-state index contributed by atoms with van der Waals surface area (Å²) in [5, 5.41) is 41.1. The average molecular weight is 1080 g/mol. The van der Waals surface area contributed by atoms with E-state index in [-0.39, 0.29) is 11.1 Å². The van der Waals surface area contributed by atoms with Crippen molar-refractivity contribution in [3.8, 4) is 24.3 Å². The molecule has 0 saturated heterocycles. The van der Waals surface area contributed by atoms with Crippen LogP contribution in [0.2, 0.25) is 0 Å². The van der Waals surface area contributed by atoms with Crippen molar-refractivity contribution >= 4 is 65.9 Å². The summed E-state index contributed by atoms with van der Waals surface area (Å²) in [7, 11) is 0. The maximum atomic E-state index is 10.3. The zero-order valence-electron chi connectivity index (χ0n) is 47.2. The third-order valence-corrected chi connectivity index (χ3v) is 20.6. The van der Waals surface area contributed by atoms with E-state index in [4.69, 9.17) is 0 Å². The number of nitriles is 4. The number of hydrogen-bond acceptors (Lipinski definition) is 8. The lowest BCUT2D eigenvalue weighted by Gasteiger charge is -2.16. The van der Waals surface area contributed by atoms with Crippen LogP contribution in [-0.4, -0.2) is 0 Å². The molecule has 4 nitrogen and oxygen atoms in total. The van der Waals surface area contributed by atoms with E-state index >= 15 is 0 Å². The van der Waals surface area contributed by atoms with Crippen LogP contribution in [0.5, 0.6) is 0 Å². The zero-order valence-corrected chi connectivity index (χ0v) is 50.4. The SMILES string of the molecule is CCCCCCCCCCCCC(CCCCCCCCCC)c1c/c(=c2\cc3s/c(=c4\cc(C(CCCCCCCCCC)CCCCCCCCCCCC)c(=C(C#N)C#N)s4)cc3s2)sc1=C(C#N)C#N. The van der Waals surface area contributed by atoms with Crippen molar-refractivity contribution in [2.24, 2.45) is 0 Å². The Bertz CT molecular complexity index is 2390. The smallest absolute Gasteiger partial charge is 0.147 e. The highest BCUT2D eigenvalue weighted by atomic mass is 32.1. The lowest BCUT2D eigenvalue weighted by atomic mass is 9.88. The number of hydrogen-bond donors (Lipinski definition) is 0. The fourth-order valence-corrected chi connectivity index (χ4v) is 16.0. The molecular formula is C66H98N4S4. The van der Waals surface area contributed by atoms with Gasteiger partial charge in [-0.1, -0.05) is 259 Å². The monoisotopic (exact) mass is 1070 g/mol. The van der Waals surface area contributed by atoms with Crippen molar-refractivity contribution in [1.29, 1.82) is 21.0 Å². The summed E-state index contributed by atoms with van der Waals surface area (Å²) in [4.78, 5) is 0. The van der Waals surface area contributed by atoms with Gasteiger partial charge < -0.3 is 0 Å². The van der Waals surface area contributed by atoms with Gasteiger partial charge in [-0.25, -0.2) is 0 Å². The Hall–Kier alpha value is -3.24. The molecule has 0 amide bonds. The van der Waals surface area contributed by atoms with Gasteiger partial charge in [-0.15, -0.1) is 45.3 Å². The average Bonchev–Trinajstić information content (AvgIpc) is 4.23. The first-order valence-corrected chi connectivity index (χ1v) is 33.9. The van der Waals surface area contributed by atoms with Gasteiger partial charge >= 0.3 is 0 Å². The van der Waals surface area contributed by atoms with Crippen LogP contribution < -0.4 is 9.06 Å². The van der Waals surface area contributed by atoms with Gasteiger partial charge in [-0.3, -0.25) is 0 Å². The second kappa shape index (κ2) is 40.0. The molecule has 0 fully saturated rings. The standard InChI is InChI=1S/C66H98N4S4/c1-5-9-13-17-21-25-27-31-35-39-43-53(41-37-33-29-23-19-15-11-7-3)57-45-59(73-65(57)55(49-67)50-68)61-47-63-64(71-61)48-62(72-63)60-46-58(66(74-60)56(51-69)52-70)54(42-38-34-30-24-20-16-12-8-4)44-40-36-32-28-26-22-18-14-10-6-2/h45-48,53-54H,5-44H2,1-4H3/b61-59-,62-60+. The molecule has 2 unspecified atom stereocenters. The van der Waals surface area contributed by atoms with Gasteiger partial charge in [-0.05, 0) is 72.9 Å². The Kier molecular flexibility index (Phi) is 34.2. The van der Waals surface area contributed by atoms with E-state index in [0.717, 1.165) is 43.8 Å². The van der Waals surface area contributed by atoms with Gasteiger partial charge in [0, 0.05) is 27.5 Å². The lowest BCUT2D eigenvalue weighted by Crippen LogP contribution is -2.11. The number of nitrogens with zero attached hydrogens (tertiary/aromatic N) is 4. The van der Waals surface area contributed by atoms with Crippen molar-refractivity contribution in [1.82, 2.24) is 0 Å². The second-order valence-electron chi connectivity index (χ2n) is 21.8. The topological polar surface area (TPSA) is 95.2 Å². The first-order chi connectivity index (χ1) is 36.5. The molecule has 0 saturated carbocycles. The van der Waals surface area contributed by atoms with Crippen LogP contribution in [-0.2, 0) is 0 Å². The molecule has 4 aromatic rings. The molecule has 74 heavy (non-hydrogen) atoms. The highest BCUT2D eigenvalue weighted by Gasteiger charge is 2.20. The fourth-order valence-electron chi connectivity index (χ4n) is 11.1. The van der Waals surface area contributed by atoms with E-state index in [1.54, 1.807) is 22.7 Å². The quantitative estimate of drug-likeness (QED) is 0.0413. The van der Waals surface area contributed by atoms with Crippen LogP contribution >= 0.6 is 45.3 Å². The number of thiophene rings is 4. The fraction of sp³-hybridized carbons (Fsp3) is 0.697. The van der Waals surface area contributed by atoms with Crippen molar-refractivity contribution < 1.29 is 0 Å². The van der Waals surface area contributed by atoms with Crippen LogP contribution in [0.4, 0.5) is 0 Å². The van der Waals surface area contributed by atoms with Crippen molar-refractivity contribution in [2.45, 2.75) is 296 Å². The molecule has 8 heteroatoms. The van der Waals surface area contributed by atoms with Gasteiger partial charge in [0.05, 0.1) is 9.06 Å². The Morgan fingerprint density at radius 1 is 0.311 bits per heavy atom. The molecule has 4 aromatic heterocycles. The molecule has 0 aromatic carbocycles. The summed E-state index contributed by atoms with van der Waals surface area (Å²) in [5.74, 6) is 0.701. The molecule has 406 valence electrons. The summed E-state index contributed by atoms with van der Waals surface area (Å²) >= 11 is 6.92. The lowest BCUT2D eigenvalue weighted by molar-refractivity contribution is 0.481. The van der Waals surface area contributed by atoms with Crippen LogP contribution in [0.3, 0.4) is 0 Å². The van der Waals surface area contributed by atoms with Crippen molar-refractivity contribution in [3.05, 3.63) is 62.6 Å². The van der Waals surface area contributed by atoms with Gasteiger partial charge in [0.25, 0.3) is 0 Å². The minimum absolute atomic E-state index is 0.255. The number of rotatable bonds is 42. The first kappa shape index (κ1) is 63.3. The maximum Gasteiger partial charge on any atom is 0.147 e. The number of unbranched alkanes of at least 4 members (excludes halogenated alkanes) is 32. The van der Waals surface area contributed by atoms with Crippen LogP contribution in [0.25, 0.3) is 20.5 Å². The molecular weight excluding hydrogens is 977 g/mol. The minimum Gasteiger partial charge on any atom is -0.192 e. The molecule has 0 spiro atoms. The second-order valence-corrected chi connectivity index (χ2v) is 26.1. The largest absolute Gasteiger partial charge is 0.192 e. The molecule has 0 aliphatic carbocycles. The first-order valence-electron chi connectivity index (χ1n) is 30.6. The summed E-state index contributed by atoms with van der Waals surface area (Å²) in [6.45, 7) is 9.14. The maximum absolute atomic E-state index is 10.3. The normalized spacial score (nSPS) is 13.1. The minimum atomic E-state index is 0.255. The predicted octanol–water partition coefficient (Wildman–Crippen LogP) is 21.9. The van der Waals surface area contributed by atoms with Gasteiger partial charge in [0.2, 0.25) is 0 Å². The van der Waals surface area contributed by atoms with Gasteiger partial charge in [-0.2, -0.15) is 21.0 Å². The van der Waals surface area contributed by atoms with Crippen molar-refractivity contribution in [2.75, 3.05) is 0 Å². The van der Waals surface area contributed by atoms with E-state index in [9.17, 15) is 21.0 Å². The molecule has 4 heterocycles. The molecule has 0 radical (unpaired) electrons. The summed E-state index contributed by atoms with van der Waals surface area (Å²) < 4.78 is 8.99. The van der Waals surface area contributed by atoms with Crippen LogP contribution in [0, 0.1) is 63.5 Å². The van der Waals surface area contributed by atoms with Gasteiger partial charge in [0.15, 0.2) is 0 Å². The molecule has 0 aliphatic heterocycles. The highest BCUT2D eigenvalue weighted by molar-refractivity contribution is 7.26. The van der Waals surface area contributed by atoms with E-state index in [1.165, 1.54) is 261 Å². The summed E-state index contributed by atoms with van der Waals surface area (Å²) in [5.41, 5.74) is 2.95. The van der Waals surface area contributed by atoms with E-state index in [2.05, 4.69) is 76.2 Å². The Balaban J connectivity index is 1.66. The Morgan fingerprint density at radius 3 is 0.757 bits per heavy atom. The predicted molar refractivity (Wildman–Crippen MR) is 325 cm³/mol. The van der Waals surface area contributed by atoms with Crippen LogP contribution in [0.1, 0.15) is 307 Å². The Labute approximate surface area is 467 Å². The third kappa shape index (κ3) is 23.2. The zero-order chi connectivity index (χ0) is 52.9. The molecule has 2 atom stereocenters. The Morgan fingerprint density at radius 2 is 0.527 bits per heavy atom. The summed E-state index contributed by atoms with van der Waals surface area (Å²) in [6.07, 6.45) is 51.6. The van der Waals surface area contributed by atoms with E-state index in [0.29, 0.717) is 11.8 Å². The molecule has 0 bridgehead atoms. The molecule has 0 aliphatic rings. The van der Waals surface area contributed by atoms with E-state index in [1.807, 2.05) is 22.7 Å². The highest BCUT2D eigenvalue weighted by Crippen LogP contribution is 2.35. The van der Waals surface area contributed by atoms with Gasteiger partial charge in [0.1, 0.15) is 35.4 Å². The molecule has 0 N–H and O–H groups in total. The third-order valence-electron chi connectivity index (χ3n) is 15.6.